The maximum absolute atomic E-state index is 13.2. The zero-order valence-electron chi connectivity index (χ0n) is 23.7. The van der Waals surface area contributed by atoms with Crippen LogP contribution in [-0.4, -0.2) is 45.5 Å². The SMILES string of the molecule is CCCCCCCCCNC12CC3CC(C1)CC(NC(=O)C1CC(F)(F)C1)(C3)C2.Cc1cccc(C(=O)O)n1. The summed E-state index contributed by atoms with van der Waals surface area (Å²) < 4.78 is 26.4. The first-order valence-corrected chi connectivity index (χ1v) is 15.1. The Morgan fingerprint density at radius 2 is 1.56 bits per heavy atom. The topological polar surface area (TPSA) is 91.3 Å². The minimum atomic E-state index is -2.62. The first-order chi connectivity index (χ1) is 18.5. The number of aryl methyl sites for hydroxylation is 1. The fourth-order valence-electron chi connectivity index (χ4n) is 7.92. The molecule has 0 spiro atoms. The fourth-order valence-corrected chi connectivity index (χ4v) is 7.92. The van der Waals surface area contributed by atoms with Crippen LogP contribution in [-0.2, 0) is 4.79 Å². The number of carboxylic acid groups (broad SMARTS) is 1. The Balaban J connectivity index is 0.000000298. The summed E-state index contributed by atoms with van der Waals surface area (Å²) in [6.45, 7) is 5.09. The summed E-state index contributed by atoms with van der Waals surface area (Å²) in [5.41, 5.74) is 0.849. The molecule has 1 aromatic heterocycles. The summed E-state index contributed by atoms with van der Waals surface area (Å²) in [5, 5.41) is 15.7. The minimum absolute atomic E-state index is 0.0972. The third-order valence-electron chi connectivity index (χ3n) is 9.30. The summed E-state index contributed by atoms with van der Waals surface area (Å²) in [6, 6.07) is 4.90. The molecule has 2 unspecified atom stereocenters. The molecule has 0 aliphatic heterocycles. The molecule has 4 bridgehead atoms. The van der Waals surface area contributed by atoms with Crippen LogP contribution >= 0.6 is 0 Å². The van der Waals surface area contributed by atoms with Gasteiger partial charge in [0.25, 0.3) is 0 Å². The zero-order chi connectivity index (χ0) is 28.1. The monoisotopic (exact) mass is 547 g/mol. The van der Waals surface area contributed by atoms with Crippen molar-refractivity contribution in [2.24, 2.45) is 17.8 Å². The highest BCUT2D eigenvalue weighted by Crippen LogP contribution is 2.57. The number of carbonyl (C=O) groups is 2. The van der Waals surface area contributed by atoms with E-state index >= 15 is 0 Å². The Labute approximate surface area is 232 Å². The number of carboxylic acids is 1. The number of aromatic carboxylic acids is 1. The van der Waals surface area contributed by atoms with Crippen LogP contribution in [0.4, 0.5) is 8.78 Å². The van der Waals surface area contributed by atoms with E-state index in [0.717, 1.165) is 31.5 Å². The molecule has 39 heavy (non-hydrogen) atoms. The number of halogens is 2. The molecule has 0 radical (unpaired) electrons. The molecule has 1 amide bonds. The molecular formula is C31H47F2N3O3. The molecule has 5 aliphatic rings. The van der Waals surface area contributed by atoms with Gasteiger partial charge in [-0.1, -0.05) is 51.5 Å². The maximum atomic E-state index is 13.2. The van der Waals surface area contributed by atoms with Gasteiger partial charge < -0.3 is 15.7 Å². The standard InChI is InChI=1S/C24H40F2N2O.C7H7NO2/c1-2-3-4-5-6-7-8-9-27-22-11-18-10-19(12-22)14-23(13-18,17-22)28-21(29)20-15-24(25,26)16-20;1-5-3-2-4-6(8-5)7(9)10/h18-20,27H,2-17H2,1H3,(H,28,29);2-4H,1H3,(H,9,10). The van der Waals surface area contributed by atoms with Crippen LogP contribution in [0.5, 0.6) is 0 Å². The largest absolute Gasteiger partial charge is 0.477 e. The van der Waals surface area contributed by atoms with Crippen LogP contribution in [0.2, 0.25) is 0 Å². The first-order valence-electron chi connectivity index (χ1n) is 15.1. The van der Waals surface area contributed by atoms with Gasteiger partial charge in [0.2, 0.25) is 11.8 Å². The van der Waals surface area contributed by atoms with Crippen molar-refractivity contribution in [2.75, 3.05) is 6.54 Å². The van der Waals surface area contributed by atoms with E-state index in [0.29, 0.717) is 11.8 Å². The van der Waals surface area contributed by atoms with E-state index in [1.807, 2.05) is 0 Å². The van der Waals surface area contributed by atoms with Crippen LogP contribution in [0.1, 0.15) is 119 Å². The van der Waals surface area contributed by atoms with Gasteiger partial charge in [-0.15, -0.1) is 0 Å². The van der Waals surface area contributed by atoms with E-state index in [-0.39, 0.29) is 35.5 Å². The number of alkyl halides is 2. The molecular weight excluding hydrogens is 500 g/mol. The normalized spacial score (nSPS) is 30.3. The van der Waals surface area contributed by atoms with E-state index in [1.54, 1.807) is 19.1 Å². The number of nitrogens with one attached hydrogen (secondary N) is 2. The molecule has 1 aromatic rings. The zero-order valence-corrected chi connectivity index (χ0v) is 23.7. The Morgan fingerprint density at radius 1 is 0.949 bits per heavy atom. The number of aromatic nitrogens is 1. The van der Waals surface area contributed by atoms with Gasteiger partial charge in [0, 0.05) is 35.5 Å². The number of carbonyl (C=O) groups excluding carboxylic acids is 1. The van der Waals surface area contributed by atoms with Gasteiger partial charge in [-0.25, -0.2) is 18.6 Å². The number of amides is 1. The number of nitrogens with zero attached hydrogens (tertiary/aromatic N) is 1. The quantitative estimate of drug-likeness (QED) is 0.254. The van der Waals surface area contributed by atoms with Gasteiger partial charge >= 0.3 is 5.97 Å². The second kappa shape index (κ2) is 12.6. The summed E-state index contributed by atoms with van der Waals surface area (Å²) in [4.78, 5) is 26.7. The minimum Gasteiger partial charge on any atom is -0.477 e. The fraction of sp³-hybridized carbons (Fsp3) is 0.774. The lowest BCUT2D eigenvalue weighted by atomic mass is 9.49. The van der Waals surface area contributed by atoms with Gasteiger partial charge in [-0.05, 0) is 82.4 Å². The smallest absolute Gasteiger partial charge is 0.354 e. The highest BCUT2D eigenvalue weighted by Gasteiger charge is 2.59. The molecule has 1 heterocycles. The van der Waals surface area contributed by atoms with Gasteiger partial charge in [-0.2, -0.15) is 0 Å². The Kier molecular flexibility index (Phi) is 9.66. The molecule has 8 heteroatoms. The lowest BCUT2D eigenvalue weighted by Crippen LogP contribution is -2.70. The van der Waals surface area contributed by atoms with Crippen LogP contribution in [0, 0.1) is 24.7 Å². The molecule has 0 aromatic carbocycles. The molecule has 2 atom stereocenters. The summed E-state index contributed by atoms with van der Waals surface area (Å²) in [7, 11) is 0. The highest BCUT2D eigenvalue weighted by molar-refractivity contribution is 5.85. The van der Waals surface area contributed by atoms with E-state index in [1.165, 1.54) is 70.3 Å². The van der Waals surface area contributed by atoms with Crippen molar-refractivity contribution in [2.45, 2.75) is 127 Å². The third-order valence-corrected chi connectivity index (χ3v) is 9.30. The van der Waals surface area contributed by atoms with E-state index in [9.17, 15) is 18.4 Å². The van der Waals surface area contributed by atoms with Crippen LogP contribution < -0.4 is 10.6 Å². The maximum Gasteiger partial charge on any atom is 0.354 e. The second-order valence-corrected chi connectivity index (χ2v) is 13.0. The van der Waals surface area contributed by atoms with Crippen molar-refractivity contribution in [1.82, 2.24) is 15.6 Å². The number of unbranched alkanes of at least 4 members (excludes halogenated alkanes) is 6. The number of hydrogen-bond acceptors (Lipinski definition) is 4. The summed E-state index contributed by atoms with van der Waals surface area (Å²) in [5.74, 6) is -2.83. The van der Waals surface area contributed by atoms with Crippen molar-refractivity contribution in [1.29, 1.82) is 0 Å². The lowest BCUT2D eigenvalue weighted by molar-refractivity contribution is -0.155. The third kappa shape index (κ3) is 7.99. The van der Waals surface area contributed by atoms with Crippen molar-refractivity contribution in [3.8, 4) is 0 Å². The van der Waals surface area contributed by atoms with Crippen molar-refractivity contribution >= 4 is 11.9 Å². The van der Waals surface area contributed by atoms with Crippen LogP contribution in [0.25, 0.3) is 0 Å². The van der Waals surface area contributed by atoms with Gasteiger partial charge in [0.15, 0.2) is 0 Å². The molecule has 5 aliphatic carbocycles. The van der Waals surface area contributed by atoms with Crippen molar-refractivity contribution in [3.05, 3.63) is 29.6 Å². The molecule has 6 rings (SSSR count). The molecule has 0 saturated heterocycles. The number of pyridine rings is 1. The van der Waals surface area contributed by atoms with E-state index < -0.39 is 17.8 Å². The predicted octanol–water partition coefficient (Wildman–Crippen LogP) is 6.67. The summed E-state index contributed by atoms with van der Waals surface area (Å²) in [6.07, 6.45) is 15.6. The number of hydrogen-bond donors (Lipinski definition) is 3. The van der Waals surface area contributed by atoms with Crippen molar-refractivity contribution in [3.63, 3.8) is 0 Å². The second-order valence-electron chi connectivity index (χ2n) is 13.0. The molecule has 3 N–H and O–H groups in total. The average molecular weight is 548 g/mol. The molecule has 218 valence electrons. The van der Waals surface area contributed by atoms with Gasteiger partial charge in [0.1, 0.15) is 5.69 Å². The van der Waals surface area contributed by atoms with Crippen LogP contribution in [0.3, 0.4) is 0 Å². The van der Waals surface area contributed by atoms with Gasteiger partial charge in [-0.3, -0.25) is 4.79 Å². The molecule has 5 saturated carbocycles. The average Bonchev–Trinajstić information content (AvgIpc) is 2.83. The van der Waals surface area contributed by atoms with E-state index in [2.05, 4.69) is 22.5 Å². The predicted molar refractivity (Wildman–Crippen MR) is 148 cm³/mol. The number of rotatable bonds is 12. The Hall–Kier alpha value is -2.09. The van der Waals surface area contributed by atoms with Crippen molar-refractivity contribution < 1.29 is 23.5 Å². The highest BCUT2D eigenvalue weighted by atomic mass is 19.3. The Morgan fingerprint density at radius 3 is 2.13 bits per heavy atom. The van der Waals surface area contributed by atoms with Crippen LogP contribution in [0.15, 0.2) is 18.2 Å². The lowest BCUT2D eigenvalue weighted by Gasteiger charge is -2.62. The summed E-state index contributed by atoms with van der Waals surface area (Å²) >= 11 is 0. The van der Waals surface area contributed by atoms with Gasteiger partial charge in [0.05, 0.1) is 0 Å². The molecule has 5 fully saturated rings. The Bertz CT molecular complexity index is 979. The first kappa shape index (κ1) is 29.9. The van der Waals surface area contributed by atoms with E-state index in [4.69, 9.17) is 5.11 Å². The molecule has 6 nitrogen and oxygen atoms in total.